The quantitative estimate of drug-likeness (QED) is 0.783. The van der Waals surface area contributed by atoms with Crippen LogP contribution in [-0.4, -0.2) is 55.0 Å². The number of benzene rings is 1. The molecule has 138 valence electrons. The van der Waals surface area contributed by atoms with Gasteiger partial charge in [0.05, 0.1) is 10.0 Å². The van der Waals surface area contributed by atoms with Crippen molar-refractivity contribution in [2.45, 2.75) is 44.2 Å². The van der Waals surface area contributed by atoms with Gasteiger partial charge < -0.3 is 14.5 Å². The third kappa shape index (κ3) is 4.24. The van der Waals surface area contributed by atoms with Crippen LogP contribution in [0.3, 0.4) is 0 Å². The molecule has 0 unspecified atom stereocenters. The highest BCUT2D eigenvalue weighted by atomic mass is 35.5. The van der Waals surface area contributed by atoms with Crippen molar-refractivity contribution >= 4 is 29.1 Å². The smallest absolute Gasteiger partial charge is 0.260 e. The number of carbonyl (C=O) groups excluding carboxylic acids is 1. The minimum atomic E-state index is 0.00990. The van der Waals surface area contributed by atoms with Crippen molar-refractivity contribution in [2.24, 2.45) is 5.92 Å². The molecular formula is C19H26Cl2N2O2. The topological polar surface area (TPSA) is 32.8 Å². The van der Waals surface area contributed by atoms with E-state index in [4.69, 9.17) is 27.9 Å². The van der Waals surface area contributed by atoms with E-state index in [-0.39, 0.29) is 18.6 Å². The van der Waals surface area contributed by atoms with Gasteiger partial charge in [-0.1, -0.05) is 29.6 Å². The number of amides is 1. The predicted octanol–water partition coefficient (Wildman–Crippen LogP) is 4.09. The maximum absolute atomic E-state index is 12.7. The van der Waals surface area contributed by atoms with Crippen LogP contribution in [0, 0.1) is 5.92 Å². The number of rotatable bonds is 4. The summed E-state index contributed by atoms with van der Waals surface area (Å²) >= 11 is 11.9. The molecule has 4 nitrogen and oxygen atoms in total. The van der Waals surface area contributed by atoms with E-state index >= 15 is 0 Å². The van der Waals surface area contributed by atoms with E-state index in [0.29, 0.717) is 27.8 Å². The fraction of sp³-hybridized carbons (Fsp3) is 0.632. The van der Waals surface area contributed by atoms with E-state index in [2.05, 4.69) is 11.9 Å². The maximum atomic E-state index is 12.7. The molecule has 1 heterocycles. The fourth-order valence-corrected chi connectivity index (χ4v) is 4.67. The molecule has 25 heavy (non-hydrogen) atoms. The predicted molar refractivity (Wildman–Crippen MR) is 102 cm³/mol. The van der Waals surface area contributed by atoms with E-state index in [1.165, 1.54) is 25.7 Å². The van der Waals surface area contributed by atoms with Crippen molar-refractivity contribution in [1.82, 2.24) is 9.80 Å². The number of piperidine rings is 1. The van der Waals surface area contributed by atoms with Crippen LogP contribution in [0.4, 0.5) is 0 Å². The molecule has 1 saturated heterocycles. The van der Waals surface area contributed by atoms with Crippen molar-refractivity contribution < 1.29 is 9.53 Å². The lowest BCUT2D eigenvalue weighted by molar-refractivity contribution is -0.137. The lowest BCUT2D eigenvalue weighted by atomic mass is 9.75. The number of fused-ring (bicyclic) bond motifs is 1. The summed E-state index contributed by atoms with van der Waals surface area (Å²) in [6.07, 6.45) is 6.11. The Hall–Kier alpha value is -0.970. The maximum Gasteiger partial charge on any atom is 0.260 e. The van der Waals surface area contributed by atoms with Crippen molar-refractivity contribution in [3.63, 3.8) is 0 Å². The second kappa shape index (κ2) is 8.15. The van der Waals surface area contributed by atoms with Crippen molar-refractivity contribution in [2.75, 3.05) is 27.2 Å². The number of hydrogen-bond acceptors (Lipinski definition) is 3. The third-order valence-electron chi connectivity index (χ3n) is 5.69. The zero-order valence-electron chi connectivity index (χ0n) is 14.9. The lowest BCUT2D eigenvalue weighted by Gasteiger charge is -2.49. The number of ether oxygens (including phenoxy) is 1. The second-order valence-electron chi connectivity index (χ2n) is 7.24. The summed E-state index contributed by atoms with van der Waals surface area (Å²) in [5.41, 5.74) is 0. The molecule has 0 spiro atoms. The summed E-state index contributed by atoms with van der Waals surface area (Å²) in [4.78, 5) is 17.0. The van der Waals surface area contributed by atoms with Gasteiger partial charge in [-0.2, -0.15) is 0 Å². The van der Waals surface area contributed by atoms with Crippen LogP contribution in [-0.2, 0) is 4.79 Å². The first-order valence-corrected chi connectivity index (χ1v) is 9.76. The van der Waals surface area contributed by atoms with E-state index < -0.39 is 0 Å². The first kappa shape index (κ1) is 18.8. The van der Waals surface area contributed by atoms with Crippen molar-refractivity contribution in [3.05, 3.63) is 28.2 Å². The van der Waals surface area contributed by atoms with Crippen LogP contribution >= 0.6 is 23.2 Å². The monoisotopic (exact) mass is 384 g/mol. The number of likely N-dealkylation sites (tertiary alicyclic amines) is 1. The molecule has 0 aromatic heterocycles. The van der Waals surface area contributed by atoms with Gasteiger partial charge in [0.25, 0.3) is 5.91 Å². The largest absolute Gasteiger partial charge is 0.484 e. The Bertz CT molecular complexity index is 623. The van der Waals surface area contributed by atoms with Crippen LogP contribution in [0.15, 0.2) is 18.2 Å². The van der Waals surface area contributed by atoms with Gasteiger partial charge in [-0.3, -0.25) is 4.79 Å². The standard InChI is InChI=1S/C19H26Cl2N2O2/c1-22-10-4-6-13-5-3-7-17(19(13)22)23(2)18(24)12-25-14-8-9-15(20)16(21)11-14/h8-9,11,13,17,19H,3-7,10,12H2,1-2H3/t13-,17+,19+/m1/s1. The lowest BCUT2D eigenvalue weighted by Crippen LogP contribution is -2.58. The normalized spacial score (nSPS) is 26.8. The summed E-state index contributed by atoms with van der Waals surface area (Å²) in [7, 11) is 4.11. The molecule has 6 heteroatoms. The zero-order valence-corrected chi connectivity index (χ0v) is 16.4. The number of nitrogens with zero attached hydrogens (tertiary/aromatic N) is 2. The van der Waals surface area contributed by atoms with E-state index in [9.17, 15) is 4.79 Å². The zero-order chi connectivity index (χ0) is 18.0. The Labute approximate surface area is 160 Å². The highest BCUT2D eigenvalue weighted by Gasteiger charge is 2.40. The second-order valence-corrected chi connectivity index (χ2v) is 8.06. The number of likely N-dealkylation sites (N-methyl/N-ethyl adjacent to an activating group) is 2. The molecular weight excluding hydrogens is 359 g/mol. The van der Waals surface area contributed by atoms with Gasteiger partial charge in [-0.25, -0.2) is 0 Å². The molecule has 3 atom stereocenters. The van der Waals surface area contributed by atoms with E-state index in [0.717, 1.165) is 13.0 Å². The van der Waals surface area contributed by atoms with Crippen LogP contribution in [0.25, 0.3) is 0 Å². The number of hydrogen-bond donors (Lipinski definition) is 0. The van der Waals surface area contributed by atoms with E-state index in [1.54, 1.807) is 18.2 Å². The molecule has 1 saturated carbocycles. The molecule has 1 aromatic carbocycles. The minimum Gasteiger partial charge on any atom is -0.484 e. The Morgan fingerprint density at radius 3 is 2.76 bits per heavy atom. The summed E-state index contributed by atoms with van der Waals surface area (Å²) in [6, 6.07) is 5.79. The van der Waals surface area contributed by atoms with Crippen LogP contribution < -0.4 is 4.74 Å². The molecule has 1 amide bonds. The van der Waals surface area contributed by atoms with Gasteiger partial charge in [0, 0.05) is 25.2 Å². The first-order chi connectivity index (χ1) is 12.0. The highest BCUT2D eigenvalue weighted by molar-refractivity contribution is 6.42. The van der Waals surface area contributed by atoms with Gasteiger partial charge in [0.2, 0.25) is 0 Å². The molecule has 0 radical (unpaired) electrons. The Morgan fingerprint density at radius 2 is 2.00 bits per heavy atom. The molecule has 3 rings (SSSR count). The Kier molecular flexibility index (Phi) is 6.13. The van der Waals surface area contributed by atoms with Crippen molar-refractivity contribution in [3.8, 4) is 5.75 Å². The molecule has 1 aromatic rings. The van der Waals surface area contributed by atoms with Crippen molar-refractivity contribution in [1.29, 1.82) is 0 Å². The van der Waals surface area contributed by atoms with Gasteiger partial charge in [-0.15, -0.1) is 0 Å². The number of carbonyl (C=O) groups is 1. The summed E-state index contributed by atoms with van der Waals surface area (Å²) < 4.78 is 5.63. The highest BCUT2D eigenvalue weighted by Crippen LogP contribution is 2.36. The number of halogens is 2. The average Bonchev–Trinajstić information content (AvgIpc) is 2.61. The van der Waals surface area contributed by atoms with E-state index in [1.807, 2.05) is 11.9 Å². The summed E-state index contributed by atoms with van der Waals surface area (Å²) in [5, 5.41) is 0.907. The van der Waals surface area contributed by atoms with Gasteiger partial charge in [-0.05, 0) is 57.3 Å². The van der Waals surface area contributed by atoms with Gasteiger partial charge >= 0.3 is 0 Å². The Morgan fingerprint density at radius 1 is 1.24 bits per heavy atom. The molecule has 2 aliphatic rings. The van der Waals surface area contributed by atoms with Crippen LogP contribution in [0.5, 0.6) is 5.75 Å². The van der Waals surface area contributed by atoms with Crippen LogP contribution in [0.2, 0.25) is 10.0 Å². The molecule has 0 bridgehead atoms. The third-order valence-corrected chi connectivity index (χ3v) is 6.43. The Balaban J connectivity index is 1.61. The molecule has 1 aliphatic heterocycles. The van der Waals surface area contributed by atoms with Gasteiger partial charge in [0.15, 0.2) is 6.61 Å². The van der Waals surface area contributed by atoms with Crippen LogP contribution in [0.1, 0.15) is 32.1 Å². The molecule has 1 aliphatic carbocycles. The average molecular weight is 385 g/mol. The fourth-order valence-electron chi connectivity index (χ4n) is 4.39. The summed E-state index contributed by atoms with van der Waals surface area (Å²) in [6.45, 7) is 1.14. The first-order valence-electron chi connectivity index (χ1n) is 9.01. The van der Waals surface area contributed by atoms with Gasteiger partial charge in [0.1, 0.15) is 5.75 Å². The SMILES string of the molecule is CN1CCC[C@H]2CCC[C@H](N(C)C(=O)COc3ccc(Cl)c(Cl)c3)[C@H]21. The molecule has 0 N–H and O–H groups in total. The minimum absolute atomic E-state index is 0.00990. The summed E-state index contributed by atoms with van der Waals surface area (Å²) in [5.74, 6) is 1.28. The molecule has 2 fully saturated rings.